The normalized spacial score (nSPS) is 16.8. The van der Waals surface area contributed by atoms with E-state index in [1.165, 1.54) is 6.33 Å². The lowest BCUT2D eigenvalue weighted by atomic mass is 9.92. The summed E-state index contributed by atoms with van der Waals surface area (Å²) in [6.45, 7) is 4.88. The Balaban J connectivity index is 1.27. The summed E-state index contributed by atoms with van der Waals surface area (Å²) in [6.07, 6.45) is 8.85. The van der Waals surface area contributed by atoms with E-state index in [4.69, 9.17) is 9.84 Å². The minimum absolute atomic E-state index is 0.0817. The minimum Gasteiger partial charge on any atom is -0.383 e. The maximum absolute atomic E-state index is 13.7. The zero-order valence-corrected chi connectivity index (χ0v) is 24.5. The molecule has 2 atom stereocenters. The molecule has 2 N–H and O–H groups in total. The van der Waals surface area contributed by atoms with Crippen molar-refractivity contribution in [3.63, 3.8) is 0 Å². The van der Waals surface area contributed by atoms with Crippen LogP contribution in [0.15, 0.2) is 85.7 Å². The Bertz CT molecular complexity index is 1680. The third-order valence-electron chi connectivity index (χ3n) is 7.87. The van der Waals surface area contributed by atoms with Crippen molar-refractivity contribution in [1.29, 1.82) is 0 Å². The molecule has 2 amide bonds. The number of carbonyl (C=O) groups excluding carboxylic acids is 1. The highest BCUT2D eigenvalue weighted by Gasteiger charge is 2.35. The van der Waals surface area contributed by atoms with Gasteiger partial charge in [-0.15, -0.1) is 0 Å². The monoisotopic (exact) mass is 577 g/mol. The lowest BCUT2D eigenvalue weighted by Gasteiger charge is -2.21. The topological polar surface area (TPSA) is 115 Å². The summed E-state index contributed by atoms with van der Waals surface area (Å²) >= 11 is 0. The zero-order valence-electron chi connectivity index (χ0n) is 24.5. The van der Waals surface area contributed by atoms with E-state index >= 15 is 0 Å². The SMILES string of the molecule is COCCN1C[C@@H](NC(=O)Nc2c(C)c(-c3cnn(C)c3)nn2-c2ccccc2)[C@H](c2cccc(-c3cncnc3)c2)C1. The van der Waals surface area contributed by atoms with Gasteiger partial charge in [0.05, 0.1) is 24.5 Å². The highest BCUT2D eigenvalue weighted by atomic mass is 16.5. The van der Waals surface area contributed by atoms with Crippen LogP contribution in [-0.4, -0.2) is 79.9 Å². The van der Waals surface area contributed by atoms with E-state index in [9.17, 15) is 4.79 Å². The molecule has 0 bridgehead atoms. The molecule has 1 aliphatic rings. The number of benzene rings is 2. The summed E-state index contributed by atoms with van der Waals surface area (Å²) in [5.41, 5.74) is 6.49. The Kier molecular flexibility index (Phi) is 8.25. The largest absolute Gasteiger partial charge is 0.383 e. The smallest absolute Gasteiger partial charge is 0.320 e. The van der Waals surface area contributed by atoms with Crippen LogP contribution in [-0.2, 0) is 11.8 Å². The van der Waals surface area contributed by atoms with Gasteiger partial charge in [-0.25, -0.2) is 19.4 Å². The fraction of sp³-hybridized carbons (Fsp3) is 0.281. The molecule has 4 heterocycles. The summed E-state index contributed by atoms with van der Waals surface area (Å²) in [7, 11) is 3.58. The third-order valence-corrected chi connectivity index (χ3v) is 7.87. The quantitative estimate of drug-likeness (QED) is 0.269. The number of nitrogens with one attached hydrogen (secondary N) is 2. The number of aromatic nitrogens is 6. The molecule has 0 radical (unpaired) electrons. The second-order valence-electron chi connectivity index (χ2n) is 10.8. The van der Waals surface area contributed by atoms with Crippen LogP contribution in [0.2, 0.25) is 0 Å². The maximum atomic E-state index is 13.7. The van der Waals surface area contributed by atoms with Crippen LogP contribution in [0.3, 0.4) is 0 Å². The Labute approximate surface area is 250 Å². The van der Waals surface area contributed by atoms with Crippen molar-refractivity contribution in [2.45, 2.75) is 18.9 Å². The Morgan fingerprint density at radius 1 is 1.00 bits per heavy atom. The van der Waals surface area contributed by atoms with E-state index < -0.39 is 0 Å². The van der Waals surface area contributed by atoms with Crippen molar-refractivity contribution < 1.29 is 9.53 Å². The molecular formula is C32H35N9O2. The molecule has 1 saturated heterocycles. The molecule has 6 rings (SSSR count). The number of para-hydroxylation sites is 1. The molecule has 2 aromatic carbocycles. The van der Waals surface area contributed by atoms with Crippen molar-refractivity contribution in [2.75, 3.05) is 38.7 Å². The number of likely N-dealkylation sites (tertiary alicyclic amines) is 1. The van der Waals surface area contributed by atoms with E-state index in [0.29, 0.717) is 19.0 Å². The van der Waals surface area contributed by atoms with Gasteiger partial charge in [-0.05, 0) is 30.2 Å². The number of amides is 2. The Morgan fingerprint density at radius 2 is 1.81 bits per heavy atom. The number of nitrogens with zero attached hydrogens (tertiary/aromatic N) is 7. The Hall–Kier alpha value is -4.87. The van der Waals surface area contributed by atoms with Gasteiger partial charge in [0.15, 0.2) is 0 Å². The molecule has 1 aliphatic heterocycles. The van der Waals surface area contributed by atoms with Crippen LogP contribution in [0.4, 0.5) is 10.6 Å². The number of hydrogen-bond acceptors (Lipinski definition) is 7. The van der Waals surface area contributed by atoms with Crippen molar-refractivity contribution >= 4 is 11.8 Å². The molecule has 5 aromatic rings. The van der Waals surface area contributed by atoms with E-state index in [0.717, 1.165) is 52.3 Å². The molecule has 11 nitrogen and oxygen atoms in total. The molecule has 0 saturated carbocycles. The fourth-order valence-corrected chi connectivity index (χ4v) is 5.70. The lowest BCUT2D eigenvalue weighted by Crippen LogP contribution is -2.42. The first-order chi connectivity index (χ1) is 21.0. The molecule has 0 unspecified atom stereocenters. The number of hydrogen-bond donors (Lipinski definition) is 2. The summed E-state index contributed by atoms with van der Waals surface area (Å²) in [5.74, 6) is 0.692. The molecule has 1 fully saturated rings. The molecule has 0 aliphatic carbocycles. The minimum atomic E-state index is -0.283. The number of anilines is 1. The second kappa shape index (κ2) is 12.6. The van der Waals surface area contributed by atoms with Crippen LogP contribution < -0.4 is 10.6 Å². The number of ether oxygens (including phenoxy) is 1. The number of methoxy groups -OCH3 is 1. The van der Waals surface area contributed by atoms with Gasteiger partial charge < -0.3 is 10.1 Å². The highest BCUT2D eigenvalue weighted by Crippen LogP contribution is 2.32. The van der Waals surface area contributed by atoms with Gasteiger partial charge in [-0.2, -0.15) is 10.2 Å². The van der Waals surface area contributed by atoms with Gasteiger partial charge in [0.1, 0.15) is 17.8 Å². The predicted molar refractivity (Wildman–Crippen MR) is 165 cm³/mol. The van der Waals surface area contributed by atoms with E-state index in [1.807, 2.05) is 69.0 Å². The zero-order chi connectivity index (χ0) is 29.8. The van der Waals surface area contributed by atoms with E-state index in [2.05, 4.69) is 48.8 Å². The summed E-state index contributed by atoms with van der Waals surface area (Å²) in [6, 6.07) is 17.8. The molecule has 11 heteroatoms. The third kappa shape index (κ3) is 6.18. The second-order valence-corrected chi connectivity index (χ2v) is 10.8. The lowest BCUT2D eigenvalue weighted by molar-refractivity contribution is 0.159. The van der Waals surface area contributed by atoms with Crippen molar-refractivity contribution in [3.05, 3.63) is 96.8 Å². The van der Waals surface area contributed by atoms with Crippen molar-refractivity contribution in [1.82, 2.24) is 39.7 Å². The van der Waals surface area contributed by atoms with Crippen LogP contribution in [0, 0.1) is 6.92 Å². The van der Waals surface area contributed by atoms with E-state index in [-0.39, 0.29) is 18.0 Å². The van der Waals surface area contributed by atoms with Crippen LogP contribution >= 0.6 is 0 Å². The van der Waals surface area contributed by atoms with Gasteiger partial charge in [-0.3, -0.25) is 14.9 Å². The van der Waals surface area contributed by atoms with Gasteiger partial charge in [0.25, 0.3) is 0 Å². The van der Waals surface area contributed by atoms with Gasteiger partial charge >= 0.3 is 6.03 Å². The number of aryl methyl sites for hydroxylation is 1. The first-order valence-corrected chi connectivity index (χ1v) is 14.3. The maximum Gasteiger partial charge on any atom is 0.320 e. The first-order valence-electron chi connectivity index (χ1n) is 14.3. The Morgan fingerprint density at radius 3 is 2.56 bits per heavy atom. The molecule has 0 spiro atoms. The number of rotatable bonds is 9. The van der Waals surface area contributed by atoms with Gasteiger partial charge in [0.2, 0.25) is 0 Å². The molecular weight excluding hydrogens is 542 g/mol. The average molecular weight is 578 g/mol. The van der Waals surface area contributed by atoms with Crippen molar-refractivity contribution in [3.8, 4) is 28.1 Å². The standard InChI is InChI=1S/C32H35N9O2/c1-22-30(26-17-35-39(2)18-26)38-41(27-10-5-4-6-11-27)31(22)37-32(42)36-29-20-40(12-13-43-3)19-28(29)24-9-7-8-23(14-24)25-15-33-21-34-16-25/h4-11,14-18,21,28-29H,12-13,19-20H2,1-3H3,(H2,36,37,42)/t28-,29+/m0/s1. The van der Waals surface area contributed by atoms with Crippen LogP contribution in [0.5, 0.6) is 0 Å². The predicted octanol–water partition coefficient (Wildman–Crippen LogP) is 4.27. The summed E-state index contributed by atoms with van der Waals surface area (Å²) < 4.78 is 8.87. The van der Waals surface area contributed by atoms with Gasteiger partial charge in [-0.1, -0.05) is 42.5 Å². The molecule has 220 valence electrons. The molecule has 43 heavy (non-hydrogen) atoms. The van der Waals surface area contributed by atoms with Crippen LogP contribution in [0.1, 0.15) is 17.0 Å². The van der Waals surface area contributed by atoms with Crippen LogP contribution in [0.25, 0.3) is 28.1 Å². The number of urea groups is 1. The summed E-state index contributed by atoms with van der Waals surface area (Å²) in [4.78, 5) is 24.4. The summed E-state index contributed by atoms with van der Waals surface area (Å²) in [5, 5.41) is 15.6. The van der Waals surface area contributed by atoms with Gasteiger partial charge in [0, 0.05) is 75.0 Å². The first kappa shape index (κ1) is 28.3. The van der Waals surface area contributed by atoms with Crippen molar-refractivity contribution in [2.24, 2.45) is 7.05 Å². The fourth-order valence-electron chi connectivity index (χ4n) is 5.70. The molecule has 3 aromatic heterocycles. The van der Waals surface area contributed by atoms with E-state index in [1.54, 1.807) is 22.7 Å². The average Bonchev–Trinajstić information content (AvgIpc) is 3.74. The highest BCUT2D eigenvalue weighted by molar-refractivity contribution is 5.91. The number of carbonyl (C=O) groups is 1.